The fraction of sp³-hybridized carbons (Fsp3) is 0.684. The molecule has 1 aliphatic rings. The van der Waals surface area contributed by atoms with Crippen LogP contribution in [-0.2, 0) is 12.8 Å². The number of aromatic nitrogens is 2. The van der Waals surface area contributed by atoms with Crippen molar-refractivity contribution in [2.75, 3.05) is 11.6 Å². The second kappa shape index (κ2) is 8.52. The molecule has 0 aromatic carbocycles. The number of hydrogen-bond donors (Lipinski definition) is 1. The van der Waals surface area contributed by atoms with Crippen LogP contribution < -0.4 is 5.32 Å². The van der Waals surface area contributed by atoms with Crippen LogP contribution >= 0.6 is 23.1 Å². The number of hydrogen-bond acceptors (Lipinski definition) is 5. The van der Waals surface area contributed by atoms with Crippen molar-refractivity contribution in [3.8, 4) is 0 Å². The summed E-state index contributed by atoms with van der Waals surface area (Å²) in [4.78, 5) is 12.4. The first kappa shape index (κ1) is 18.0. The molecule has 0 saturated heterocycles. The van der Waals surface area contributed by atoms with Gasteiger partial charge in [0.15, 0.2) is 5.16 Å². The highest BCUT2D eigenvalue weighted by Gasteiger charge is 2.22. The van der Waals surface area contributed by atoms with E-state index in [9.17, 15) is 0 Å². The molecule has 0 aliphatic heterocycles. The minimum absolute atomic E-state index is 0.517. The molecule has 132 valence electrons. The van der Waals surface area contributed by atoms with Crippen LogP contribution in [0.15, 0.2) is 5.16 Å². The second-order valence-electron chi connectivity index (χ2n) is 6.70. The van der Waals surface area contributed by atoms with Crippen molar-refractivity contribution >= 4 is 39.1 Å². The van der Waals surface area contributed by atoms with Crippen molar-refractivity contribution in [3.05, 3.63) is 10.4 Å². The maximum atomic E-state index is 4.86. The van der Waals surface area contributed by atoms with Crippen LogP contribution in [0.5, 0.6) is 0 Å². The monoisotopic (exact) mass is 363 g/mol. The SMILES string of the molecule is CCCCCC(CC)Nc1nc(SC)nc2sc3c(c12)CCCC3. The Labute approximate surface area is 154 Å². The minimum atomic E-state index is 0.517. The topological polar surface area (TPSA) is 37.8 Å². The zero-order chi connectivity index (χ0) is 16.9. The van der Waals surface area contributed by atoms with E-state index in [0.29, 0.717) is 6.04 Å². The summed E-state index contributed by atoms with van der Waals surface area (Å²) in [6.07, 6.45) is 13.4. The molecule has 0 spiro atoms. The third kappa shape index (κ3) is 3.88. The van der Waals surface area contributed by atoms with E-state index < -0.39 is 0 Å². The van der Waals surface area contributed by atoms with Crippen molar-refractivity contribution < 1.29 is 0 Å². The Morgan fingerprint density at radius 2 is 2.00 bits per heavy atom. The zero-order valence-corrected chi connectivity index (χ0v) is 16.8. The van der Waals surface area contributed by atoms with Gasteiger partial charge in [-0.25, -0.2) is 9.97 Å². The van der Waals surface area contributed by atoms with E-state index in [4.69, 9.17) is 9.97 Å². The summed E-state index contributed by atoms with van der Waals surface area (Å²) in [5, 5.41) is 6.00. The molecule has 1 aliphatic carbocycles. The van der Waals surface area contributed by atoms with Gasteiger partial charge in [-0.1, -0.05) is 44.9 Å². The molecule has 2 aromatic rings. The number of anilines is 1. The molecular formula is C19H29N3S2. The predicted molar refractivity (Wildman–Crippen MR) is 108 cm³/mol. The summed E-state index contributed by atoms with van der Waals surface area (Å²) in [6, 6.07) is 0.517. The van der Waals surface area contributed by atoms with Crippen molar-refractivity contribution in [3.63, 3.8) is 0 Å². The van der Waals surface area contributed by atoms with Gasteiger partial charge in [-0.15, -0.1) is 11.3 Å². The largest absolute Gasteiger partial charge is 0.367 e. The Morgan fingerprint density at radius 3 is 2.75 bits per heavy atom. The number of fused-ring (bicyclic) bond motifs is 3. The second-order valence-corrected chi connectivity index (χ2v) is 8.55. The van der Waals surface area contributed by atoms with Crippen LogP contribution in [0.4, 0.5) is 5.82 Å². The number of thiophene rings is 1. The lowest BCUT2D eigenvalue weighted by Gasteiger charge is -2.19. The van der Waals surface area contributed by atoms with E-state index in [1.807, 2.05) is 11.3 Å². The third-order valence-corrected chi connectivity index (χ3v) is 6.70. The number of thioether (sulfide) groups is 1. The Kier molecular flexibility index (Phi) is 6.39. The molecule has 0 bridgehead atoms. The number of rotatable bonds is 8. The maximum Gasteiger partial charge on any atom is 0.190 e. The fourth-order valence-electron chi connectivity index (χ4n) is 3.55. The highest BCUT2D eigenvalue weighted by molar-refractivity contribution is 7.98. The number of nitrogens with zero attached hydrogens (tertiary/aromatic N) is 2. The van der Waals surface area contributed by atoms with Crippen molar-refractivity contribution in [1.29, 1.82) is 0 Å². The summed E-state index contributed by atoms with van der Waals surface area (Å²) in [7, 11) is 0. The zero-order valence-electron chi connectivity index (χ0n) is 15.2. The van der Waals surface area contributed by atoms with E-state index in [1.54, 1.807) is 16.6 Å². The van der Waals surface area contributed by atoms with Gasteiger partial charge in [0, 0.05) is 10.9 Å². The average molecular weight is 364 g/mol. The van der Waals surface area contributed by atoms with Gasteiger partial charge < -0.3 is 5.32 Å². The summed E-state index contributed by atoms with van der Waals surface area (Å²) in [5.41, 5.74) is 1.53. The van der Waals surface area contributed by atoms with Crippen molar-refractivity contribution in [2.24, 2.45) is 0 Å². The highest BCUT2D eigenvalue weighted by atomic mass is 32.2. The summed E-state index contributed by atoms with van der Waals surface area (Å²) < 4.78 is 0. The van der Waals surface area contributed by atoms with E-state index in [0.717, 1.165) is 17.4 Å². The fourth-order valence-corrected chi connectivity index (χ4v) is 5.23. The predicted octanol–water partition coefficient (Wildman–Crippen LogP) is 6.06. The van der Waals surface area contributed by atoms with Gasteiger partial charge in [-0.2, -0.15) is 0 Å². The van der Waals surface area contributed by atoms with Crippen molar-refractivity contribution in [2.45, 2.75) is 82.8 Å². The number of nitrogens with one attached hydrogen (secondary N) is 1. The number of unbranched alkanes of at least 4 members (excludes halogenated alkanes) is 2. The van der Waals surface area contributed by atoms with Gasteiger partial charge in [0.25, 0.3) is 0 Å². The van der Waals surface area contributed by atoms with Gasteiger partial charge in [0.05, 0.1) is 5.39 Å². The molecule has 0 amide bonds. The first-order valence-corrected chi connectivity index (χ1v) is 11.4. The summed E-state index contributed by atoms with van der Waals surface area (Å²) >= 11 is 3.54. The van der Waals surface area contributed by atoms with Gasteiger partial charge in [-0.3, -0.25) is 0 Å². The third-order valence-electron chi connectivity index (χ3n) is 4.97. The van der Waals surface area contributed by atoms with Crippen LogP contribution in [0.1, 0.15) is 69.2 Å². The molecule has 3 nitrogen and oxygen atoms in total. The first-order chi connectivity index (χ1) is 11.8. The molecule has 0 saturated carbocycles. The van der Waals surface area contributed by atoms with Gasteiger partial charge in [0.2, 0.25) is 0 Å². The van der Waals surface area contributed by atoms with Crippen LogP contribution in [0, 0.1) is 0 Å². The molecule has 0 fully saturated rings. The first-order valence-electron chi connectivity index (χ1n) is 9.39. The molecule has 5 heteroatoms. The Morgan fingerprint density at radius 1 is 1.17 bits per heavy atom. The highest BCUT2D eigenvalue weighted by Crippen LogP contribution is 2.39. The van der Waals surface area contributed by atoms with Crippen LogP contribution in [0.25, 0.3) is 10.2 Å². The average Bonchev–Trinajstić information content (AvgIpc) is 2.99. The number of aryl methyl sites for hydroxylation is 2. The van der Waals surface area contributed by atoms with Crippen LogP contribution in [-0.4, -0.2) is 22.3 Å². The molecule has 24 heavy (non-hydrogen) atoms. The Balaban J connectivity index is 1.93. The molecule has 1 unspecified atom stereocenters. The normalized spacial score (nSPS) is 15.5. The molecule has 0 radical (unpaired) electrons. The molecule has 2 aromatic heterocycles. The summed E-state index contributed by atoms with van der Waals surface area (Å²) in [5.74, 6) is 1.09. The lowest BCUT2D eigenvalue weighted by Crippen LogP contribution is -2.19. The van der Waals surface area contributed by atoms with Crippen LogP contribution in [0.2, 0.25) is 0 Å². The van der Waals surface area contributed by atoms with Gasteiger partial charge in [0.1, 0.15) is 10.6 Å². The lowest BCUT2D eigenvalue weighted by molar-refractivity contribution is 0.572. The van der Waals surface area contributed by atoms with Crippen molar-refractivity contribution in [1.82, 2.24) is 9.97 Å². The molecule has 3 rings (SSSR count). The quantitative estimate of drug-likeness (QED) is 0.351. The Hall–Kier alpha value is -0.810. The maximum absolute atomic E-state index is 4.86. The van der Waals surface area contributed by atoms with Gasteiger partial charge >= 0.3 is 0 Å². The Bertz CT molecular complexity index is 681. The molecule has 2 heterocycles. The van der Waals surface area contributed by atoms with E-state index in [2.05, 4.69) is 25.4 Å². The standard InChI is InChI=1S/C19H29N3S2/c1-4-6-7-10-13(5-2)20-17-16-14-11-8-9-12-15(14)24-18(16)22-19(21-17)23-3/h13H,4-12H2,1-3H3,(H,20,21,22). The molecule has 1 atom stereocenters. The van der Waals surface area contributed by atoms with E-state index >= 15 is 0 Å². The summed E-state index contributed by atoms with van der Waals surface area (Å²) in [6.45, 7) is 4.55. The molecule has 1 N–H and O–H groups in total. The minimum Gasteiger partial charge on any atom is -0.367 e. The smallest absolute Gasteiger partial charge is 0.190 e. The lowest BCUT2D eigenvalue weighted by atomic mass is 9.97. The van der Waals surface area contributed by atoms with E-state index in [1.165, 1.54) is 67.1 Å². The molecular weight excluding hydrogens is 334 g/mol. The van der Waals surface area contributed by atoms with Crippen LogP contribution in [0.3, 0.4) is 0 Å². The van der Waals surface area contributed by atoms with Gasteiger partial charge in [-0.05, 0) is 50.3 Å². The van der Waals surface area contributed by atoms with E-state index in [-0.39, 0.29) is 0 Å².